The molecule has 0 aliphatic rings. The topological polar surface area (TPSA) is 26.0 Å². The van der Waals surface area contributed by atoms with E-state index in [2.05, 4.69) is 31.8 Å². The average Bonchev–Trinajstić information content (AvgIpc) is 2.45. The van der Waals surface area contributed by atoms with E-state index in [0.717, 1.165) is 30.2 Å². The Morgan fingerprint density at radius 3 is 2.64 bits per heavy atom. The predicted octanol–water partition coefficient (Wildman–Crippen LogP) is 3.60. The molecule has 0 aliphatic heterocycles. The van der Waals surface area contributed by atoms with Crippen molar-refractivity contribution in [3.63, 3.8) is 0 Å². The molecule has 78 valence electrons. The summed E-state index contributed by atoms with van der Waals surface area (Å²) < 4.78 is 5.49. The summed E-state index contributed by atoms with van der Waals surface area (Å²) in [4.78, 5) is 4.37. The highest BCUT2D eigenvalue weighted by Gasteiger charge is 2.04. The van der Waals surface area contributed by atoms with Crippen LogP contribution in [0.2, 0.25) is 0 Å². The molecule has 1 aromatic rings. The Balaban J connectivity index is 2.63. The summed E-state index contributed by atoms with van der Waals surface area (Å²) >= 11 is 0. The number of aromatic nitrogens is 1. The molecule has 0 N–H and O–H groups in total. The van der Waals surface area contributed by atoms with Crippen LogP contribution in [0.5, 0.6) is 0 Å². The minimum absolute atomic E-state index is 0.688. The summed E-state index contributed by atoms with van der Waals surface area (Å²) in [5, 5.41) is 0. The number of hydrogen-bond donors (Lipinski definition) is 0. The zero-order valence-corrected chi connectivity index (χ0v) is 9.50. The van der Waals surface area contributed by atoms with Gasteiger partial charge in [-0.05, 0) is 31.8 Å². The van der Waals surface area contributed by atoms with E-state index in [1.54, 1.807) is 0 Å². The zero-order valence-electron chi connectivity index (χ0n) is 9.50. The average molecular weight is 193 g/mol. The summed E-state index contributed by atoms with van der Waals surface area (Å²) in [6.45, 7) is 8.45. The third kappa shape index (κ3) is 3.02. The van der Waals surface area contributed by atoms with Gasteiger partial charge in [-0.1, -0.05) is 26.8 Å². The lowest BCUT2D eigenvalue weighted by molar-refractivity contribution is 0.514. The number of allylic oxidation sites excluding steroid dienone is 1. The van der Waals surface area contributed by atoms with Gasteiger partial charge < -0.3 is 4.42 Å². The van der Waals surface area contributed by atoms with Gasteiger partial charge in [0.05, 0.1) is 5.69 Å². The zero-order chi connectivity index (χ0) is 10.6. The minimum atomic E-state index is 0.688. The van der Waals surface area contributed by atoms with Crippen molar-refractivity contribution in [3.8, 4) is 0 Å². The lowest BCUT2D eigenvalue weighted by atomic mass is 10.1. The van der Waals surface area contributed by atoms with Gasteiger partial charge in [-0.15, -0.1) is 0 Å². The molecule has 0 amide bonds. The lowest BCUT2D eigenvalue weighted by Crippen LogP contribution is -1.83. The molecule has 1 aromatic heterocycles. The molecule has 1 heterocycles. The quantitative estimate of drug-likeness (QED) is 0.730. The second-order valence-electron chi connectivity index (χ2n) is 3.94. The molecule has 14 heavy (non-hydrogen) atoms. The van der Waals surface area contributed by atoms with Crippen LogP contribution in [0.4, 0.5) is 0 Å². The van der Waals surface area contributed by atoms with Crippen LogP contribution in [0.15, 0.2) is 10.5 Å². The summed E-state index contributed by atoms with van der Waals surface area (Å²) in [6.07, 6.45) is 6.10. The van der Waals surface area contributed by atoms with Crippen LogP contribution in [0, 0.1) is 12.8 Å². The highest BCUT2D eigenvalue weighted by Crippen LogP contribution is 2.12. The van der Waals surface area contributed by atoms with Crippen molar-refractivity contribution in [3.05, 3.63) is 23.4 Å². The van der Waals surface area contributed by atoms with E-state index in [1.165, 1.54) is 0 Å². The second kappa shape index (κ2) is 4.99. The molecule has 0 radical (unpaired) electrons. The van der Waals surface area contributed by atoms with Gasteiger partial charge in [0.15, 0.2) is 0 Å². The first-order valence-corrected chi connectivity index (χ1v) is 5.26. The summed E-state index contributed by atoms with van der Waals surface area (Å²) in [5.74, 6) is 2.37. The van der Waals surface area contributed by atoms with E-state index in [0.29, 0.717) is 5.92 Å². The fraction of sp³-hybridized carbons (Fsp3) is 0.583. The van der Waals surface area contributed by atoms with Crippen LogP contribution >= 0.6 is 0 Å². The van der Waals surface area contributed by atoms with E-state index < -0.39 is 0 Å². The van der Waals surface area contributed by atoms with Gasteiger partial charge in [0.25, 0.3) is 0 Å². The molecule has 2 nitrogen and oxygen atoms in total. The van der Waals surface area contributed by atoms with Gasteiger partial charge in [-0.2, -0.15) is 0 Å². The van der Waals surface area contributed by atoms with Crippen LogP contribution in [0.1, 0.15) is 44.5 Å². The first kappa shape index (κ1) is 11.0. The smallest absolute Gasteiger partial charge is 0.218 e. The van der Waals surface area contributed by atoms with Gasteiger partial charge in [-0.25, -0.2) is 4.98 Å². The minimum Gasteiger partial charge on any atom is -0.442 e. The third-order valence-electron chi connectivity index (χ3n) is 2.11. The molecule has 0 aliphatic carbocycles. The molecule has 1 rings (SSSR count). The van der Waals surface area contributed by atoms with Crippen LogP contribution in [-0.2, 0) is 6.42 Å². The molecule has 0 unspecified atom stereocenters. The molecule has 0 saturated heterocycles. The van der Waals surface area contributed by atoms with Crippen LogP contribution in [0.3, 0.4) is 0 Å². The van der Waals surface area contributed by atoms with Crippen molar-refractivity contribution in [2.45, 2.75) is 40.5 Å². The molecule has 0 atom stereocenters. The monoisotopic (exact) mass is 193 g/mol. The Bertz CT molecular complexity index is 310. The van der Waals surface area contributed by atoms with Crippen molar-refractivity contribution in [1.29, 1.82) is 0 Å². The number of aryl methyl sites for hydroxylation is 2. The number of rotatable bonds is 4. The van der Waals surface area contributed by atoms with Crippen LogP contribution in [-0.4, -0.2) is 4.98 Å². The van der Waals surface area contributed by atoms with Crippen LogP contribution < -0.4 is 0 Å². The fourth-order valence-electron chi connectivity index (χ4n) is 1.29. The third-order valence-corrected chi connectivity index (χ3v) is 2.11. The Kier molecular flexibility index (Phi) is 3.93. The van der Waals surface area contributed by atoms with Gasteiger partial charge >= 0.3 is 0 Å². The molecule has 2 heteroatoms. The summed E-state index contributed by atoms with van der Waals surface area (Å²) in [7, 11) is 0. The first-order valence-electron chi connectivity index (χ1n) is 5.26. The summed E-state index contributed by atoms with van der Waals surface area (Å²) in [6, 6.07) is 0. The van der Waals surface area contributed by atoms with Crippen molar-refractivity contribution < 1.29 is 4.42 Å². The molecular weight excluding hydrogens is 174 g/mol. The maximum Gasteiger partial charge on any atom is 0.218 e. The predicted molar refractivity (Wildman–Crippen MR) is 59.1 cm³/mol. The summed E-state index contributed by atoms with van der Waals surface area (Å²) in [5.41, 5.74) is 1.06. The van der Waals surface area contributed by atoms with Crippen molar-refractivity contribution in [2.24, 2.45) is 5.92 Å². The fourth-order valence-corrected chi connectivity index (χ4v) is 1.29. The number of hydrogen-bond acceptors (Lipinski definition) is 2. The number of oxazole rings is 1. The van der Waals surface area contributed by atoms with E-state index in [1.807, 2.05) is 13.0 Å². The molecule has 0 aromatic carbocycles. The maximum atomic E-state index is 5.49. The SMILES string of the molecule is CCc1nc(C=CCC(C)C)oc1C. The van der Waals surface area contributed by atoms with Crippen molar-refractivity contribution in [1.82, 2.24) is 4.98 Å². The highest BCUT2D eigenvalue weighted by atomic mass is 16.4. The van der Waals surface area contributed by atoms with Crippen molar-refractivity contribution in [2.75, 3.05) is 0 Å². The molecule has 0 fully saturated rings. The standard InChI is InChI=1S/C12H19NO/c1-5-11-10(4)14-12(13-11)8-6-7-9(2)3/h6,8-9H,5,7H2,1-4H3. The van der Waals surface area contributed by atoms with Crippen molar-refractivity contribution >= 4 is 6.08 Å². The molecule has 0 spiro atoms. The van der Waals surface area contributed by atoms with E-state index >= 15 is 0 Å². The first-order chi connectivity index (χ1) is 6.63. The second-order valence-corrected chi connectivity index (χ2v) is 3.94. The van der Waals surface area contributed by atoms with Gasteiger partial charge in [-0.3, -0.25) is 0 Å². The van der Waals surface area contributed by atoms with Gasteiger partial charge in [0, 0.05) is 0 Å². The molecular formula is C12H19NO. The Labute approximate surface area is 86.0 Å². The van der Waals surface area contributed by atoms with Gasteiger partial charge in [0.2, 0.25) is 5.89 Å². The Hall–Kier alpha value is -1.05. The Morgan fingerprint density at radius 2 is 2.14 bits per heavy atom. The maximum absolute atomic E-state index is 5.49. The largest absolute Gasteiger partial charge is 0.442 e. The number of nitrogens with zero attached hydrogens (tertiary/aromatic N) is 1. The molecule has 0 saturated carbocycles. The normalized spacial score (nSPS) is 11.8. The highest BCUT2D eigenvalue weighted by molar-refractivity contribution is 5.38. The lowest BCUT2D eigenvalue weighted by Gasteiger charge is -1.94. The van der Waals surface area contributed by atoms with E-state index in [4.69, 9.17) is 4.42 Å². The van der Waals surface area contributed by atoms with Crippen LogP contribution in [0.25, 0.3) is 6.08 Å². The molecule has 0 bridgehead atoms. The van der Waals surface area contributed by atoms with E-state index in [9.17, 15) is 0 Å². The Morgan fingerprint density at radius 1 is 1.43 bits per heavy atom. The van der Waals surface area contributed by atoms with E-state index in [-0.39, 0.29) is 0 Å². The van der Waals surface area contributed by atoms with Gasteiger partial charge in [0.1, 0.15) is 5.76 Å².